The zero-order valence-electron chi connectivity index (χ0n) is 8.19. The van der Waals surface area contributed by atoms with Crippen molar-refractivity contribution >= 4 is 12.9 Å². The van der Waals surface area contributed by atoms with E-state index in [9.17, 15) is 0 Å². The Morgan fingerprint density at radius 1 is 1.07 bits per heavy atom. The Labute approximate surface area is 84.7 Å². The molecule has 0 saturated carbocycles. The summed E-state index contributed by atoms with van der Waals surface area (Å²) >= 11 is 0. The molecule has 5 heteroatoms. The smallest absolute Gasteiger partial charge is 0.330 e. The Kier molecular flexibility index (Phi) is 11.4. The lowest BCUT2D eigenvalue weighted by Gasteiger charge is -2.00. The van der Waals surface area contributed by atoms with Crippen molar-refractivity contribution in [3.05, 3.63) is 30.3 Å². The fourth-order valence-electron chi connectivity index (χ4n) is 0.818. The van der Waals surface area contributed by atoms with E-state index in [4.69, 9.17) is 9.39 Å². The van der Waals surface area contributed by atoms with Gasteiger partial charge in [-0.25, -0.2) is 0 Å². The molecule has 0 aliphatic rings. The van der Waals surface area contributed by atoms with E-state index in [1.165, 1.54) is 0 Å². The van der Waals surface area contributed by atoms with Crippen molar-refractivity contribution in [2.45, 2.75) is 0 Å². The van der Waals surface area contributed by atoms with Crippen LogP contribution < -0.4 is 5.46 Å². The summed E-state index contributed by atoms with van der Waals surface area (Å²) in [4.78, 5) is 0. The van der Waals surface area contributed by atoms with Crippen LogP contribution in [0.15, 0.2) is 30.3 Å². The highest BCUT2D eigenvalue weighted by Gasteiger charge is 1.94. The third-order valence-electron chi connectivity index (χ3n) is 1.42. The summed E-state index contributed by atoms with van der Waals surface area (Å²) in [7, 11) is 3.39. The van der Waals surface area contributed by atoms with Gasteiger partial charge in [0.2, 0.25) is 0 Å². The van der Waals surface area contributed by atoms with Gasteiger partial charge in [-0.3, -0.25) is 0 Å². The molecule has 0 aromatic heterocycles. The predicted octanol–water partition coefficient (Wildman–Crippen LogP) is -1.06. The summed E-state index contributed by atoms with van der Waals surface area (Å²) < 4.78 is 10.0. The van der Waals surface area contributed by atoms with Gasteiger partial charge in [-0.15, -0.1) is 0 Å². The molecular formula is C9H16BO4. The lowest BCUT2D eigenvalue weighted by Crippen LogP contribution is -2.18. The van der Waals surface area contributed by atoms with Gasteiger partial charge in [-0.2, -0.15) is 0 Å². The number of benzene rings is 1. The number of methoxy groups -OCH3 is 1. The lowest BCUT2D eigenvalue weighted by atomic mass is 9.88. The summed E-state index contributed by atoms with van der Waals surface area (Å²) in [5.41, 5.74) is 1.08. The molecule has 0 spiro atoms. The molecule has 0 bridgehead atoms. The Balaban J connectivity index is 0. The topological polar surface area (TPSA) is 81.5 Å². The molecule has 0 atom stereocenters. The molecule has 0 saturated heterocycles. The van der Waals surface area contributed by atoms with Crippen molar-refractivity contribution in [3.8, 4) is 0 Å². The van der Waals surface area contributed by atoms with Gasteiger partial charge in [0.25, 0.3) is 0 Å². The summed E-state index contributed by atoms with van der Waals surface area (Å²) in [6.45, 7) is 1.23. The van der Waals surface area contributed by atoms with Crippen LogP contribution in [0.5, 0.6) is 0 Å². The zero-order valence-corrected chi connectivity index (χ0v) is 8.19. The SMILES string of the molecule is COCCO[B]c1ccccc1.O.O. The van der Waals surface area contributed by atoms with Crippen LogP contribution in [-0.4, -0.2) is 38.8 Å². The minimum Gasteiger partial charge on any atom is -0.432 e. The molecular weight excluding hydrogens is 183 g/mol. The first kappa shape index (κ1) is 15.6. The second-order valence-electron chi connectivity index (χ2n) is 2.39. The quantitative estimate of drug-likeness (QED) is 0.447. The molecule has 0 fully saturated rings. The molecule has 1 aromatic carbocycles. The van der Waals surface area contributed by atoms with E-state index in [-0.39, 0.29) is 11.0 Å². The molecule has 79 valence electrons. The van der Waals surface area contributed by atoms with Crippen LogP contribution in [-0.2, 0) is 9.39 Å². The maximum atomic E-state index is 5.21. The molecule has 0 heterocycles. The Bertz CT molecular complexity index is 205. The van der Waals surface area contributed by atoms with Crippen molar-refractivity contribution in [3.63, 3.8) is 0 Å². The van der Waals surface area contributed by atoms with E-state index < -0.39 is 0 Å². The number of hydrogen-bond acceptors (Lipinski definition) is 2. The first-order chi connectivity index (χ1) is 5.93. The molecule has 0 amide bonds. The van der Waals surface area contributed by atoms with E-state index in [1.807, 2.05) is 30.3 Å². The van der Waals surface area contributed by atoms with Crippen molar-refractivity contribution in [1.29, 1.82) is 0 Å². The van der Waals surface area contributed by atoms with Crippen LogP contribution in [0.3, 0.4) is 0 Å². The number of rotatable bonds is 5. The molecule has 4 nitrogen and oxygen atoms in total. The second-order valence-corrected chi connectivity index (χ2v) is 2.39. The van der Waals surface area contributed by atoms with Crippen molar-refractivity contribution in [2.75, 3.05) is 20.3 Å². The fraction of sp³-hybridized carbons (Fsp3) is 0.333. The maximum absolute atomic E-state index is 5.21. The van der Waals surface area contributed by atoms with Gasteiger partial charge in [0.15, 0.2) is 0 Å². The monoisotopic (exact) mass is 199 g/mol. The normalized spacial score (nSPS) is 8.36. The Morgan fingerprint density at radius 2 is 1.71 bits per heavy atom. The van der Waals surface area contributed by atoms with Crippen molar-refractivity contribution in [2.24, 2.45) is 0 Å². The average Bonchev–Trinajstić information content (AvgIpc) is 2.14. The first-order valence-corrected chi connectivity index (χ1v) is 3.92. The number of ether oxygens (including phenoxy) is 1. The highest BCUT2D eigenvalue weighted by molar-refractivity contribution is 6.46. The average molecular weight is 199 g/mol. The minimum atomic E-state index is 0. The Morgan fingerprint density at radius 3 is 2.29 bits per heavy atom. The van der Waals surface area contributed by atoms with Crippen LogP contribution in [0, 0.1) is 0 Å². The molecule has 4 N–H and O–H groups in total. The molecule has 1 aromatic rings. The van der Waals surface area contributed by atoms with Gasteiger partial charge in [0.1, 0.15) is 0 Å². The van der Waals surface area contributed by atoms with Gasteiger partial charge in [0, 0.05) is 7.11 Å². The lowest BCUT2D eigenvalue weighted by molar-refractivity contribution is 0.150. The molecule has 1 rings (SSSR count). The summed E-state index contributed by atoms with van der Waals surface area (Å²) in [6.07, 6.45) is 0. The standard InChI is InChI=1S/C9H12BO2.2H2O/c1-11-7-8-12-10-9-5-3-2-4-6-9;;/h2-6H,7-8H2,1H3;2*1H2. The van der Waals surface area contributed by atoms with Crippen molar-refractivity contribution in [1.82, 2.24) is 0 Å². The van der Waals surface area contributed by atoms with E-state index >= 15 is 0 Å². The maximum Gasteiger partial charge on any atom is 0.330 e. The van der Waals surface area contributed by atoms with Crippen molar-refractivity contribution < 1.29 is 20.3 Å². The van der Waals surface area contributed by atoms with Crippen LogP contribution in [0.4, 0.5) is 0 Å². The van der Waals surface area contributed by atoms with Crippen LogP contribution in [0.1, 0.15) is 0 Å². The fourth-order valence-corrected chi connectivity index (χ4v) is 0.818. The van der Waals surface area contributed by atoms with Gasteiger partial charge < -0.3 is 20.3 Å². The molecule has 1 radical (unpaired) electrons. The van der Waals surface area contributed by atoms with Crippen LogP contribution in [0.2, 0.25) is 0 Å². The third-order valence-corrected chi connectivity index (χ3v) is 1.42. The van der Waals surface area contributed by atoms with Gasteiger partial charge in [-0.1, -0.05) is 35.8 Å². The first-order valence-electron chi connectivity index (χ1n) is 3.92. The van der Waals surface area contributed by atoms with Gasteiger partial charge in [-0.05, 0) is 0 Å². The second kappa shape index (κ2) is 10.2. The molecule has 14 heavy (non-hydrogen) atoms. The van der Waals surface area contributed by atoms with E-state index in [0.717, 1.165) is 5.46 Å². The molecule has 0 unspecified atom stereocenters. The van der Waals surface area contributed by atoms with E-state index in [1.54, 1.807) is 14.6 Å². The highest BCUT2D eigenvalue weighted by Crippen LogP contribution is 1.82. The van der Waals surface area contributed by atoms with E-state index in [2.05, 4.69) is 0 Å². The molecule has 0 aliphatic carbocycles. The molecule has 0 aliphatic heterocycles. The van der Waals surface area contributed by atoms with Crippen LogP contribution in [0.25, 0.3) is 0 Å². The van der Waals surface area contributed by atoms with Gasteiger partial charge in [0.05, 0.1) is 13.2 Å². The summed E-state index contributed by atoms with van der Waals surface area (Å²) in [5, 5.41) is 0. The summed E-state index contributed by atoms with van der Waals surface area (Å²) in [6, 6.07) is 9.92. The zero-order chi connectivity index (χ0) is 8.65. The van der Waals surface area contributed by atoms with E-state index in [0.29, 0.717) is 13.2 Å². The van der Waals surface area contributed by atoms with Gasteiger partial charge >= 0.3 is 7.48 Å². The summed E-state index contributed by atoms with van der Waals surface area (Å²) in [5.74, 6) is 0. The Hall–Kier alpha value is -0.875. The third kappa shape index (κ3) is 6.62. The largest absolute Gasteiger partial charge is 0.432 e. The van der Waals surface area contributed by atoms with Crippen LogP contribution >= 0.6 is 0 Å². The number of hydrogen-bond donors (Lipinski definition) is 0. The minimum absolute atomic E-state index is 0. The highest BCUT2D eigenvalue weighted by atomic mass is 16.5. The predicted molar refractivity (Wildman–Crippen MR) is 56.9 cm³/mol.